The summed E-state index contributed by atoms with van der Waals surface area (Å²) in [6.45, 7) is 10.0. The van der Waals surface area contributed by atoms with Crippen LogP contribution in [0.3, 0.4) is 0 Å². The molecule has 2 aromatic rings. The fraction of sp³-hybridized carbons (Fsp3) is 0.676. The first-order chi connectivity index (χ1) is 20.5. The summed E-state index contributed by atoms with van der Waals surface area (Å²) < 4.78 is 11.8. The molecule has 8 nitrogen and oxygen atoms in total. The van der Waals surface area contributed by atoms with Crippen LogP contribution in [0.4, 0.5) is 6.01 Å². The van der Waals surface area contributed by atoms with E-state index in [1.807, 2.05) is 0 Å². The van der Waals surface area contributed by atoms with E-state index >= 15 is 0 Å². The molecule has 0 saturated carbocycles. The number of nitrogens with zero attached hydrogens (tertiary/aromatic N) is 5. The summed E-state index contributed by atoms with van der Waals surface area (Å²) in [7, 11) is 0. The maximum atomic E-state index is 13.3. The topological polar surface area (TPSA) is 74.9 Å². The lowest BCUT2D eigenvalue weighted by molar-refractivity contribution is -0.137. The van der Waals surface area contributed by atoms with Crippen molar-refractivity contribution in [2.45, 2.75) is 102 Å². The molecule has 0 bridgehead atoms. The summed E-state index contributed by atoms with van der Waals surface area (Å²) in [5, 5.41) is 4.16. The summed E-state index contributed by atoms with van der Waals surface area (Å²) in [6, 6.07) is 10.0. The van der Waals surface area contributed by atoms with Gasteiger partial charge in [0, 0.05) is 37.5 Å². The minimum Gasteiger partial charge on any atom is -0.491 e. The molecular weight excluding hydrogens is 526 g/mol. The van der Waals surface area contributed by atoms with Crippen molar-refractivity contribution in [2.75, 3.05) is 44.2 Å². The molecule has 3 fully saturated rings. The van der Waals surface area contributed by atoms with E-state index in [0.717, 1.165) is 76.2 Å². The maximum Gasteiger partial charge on any atom is 0.324 e. The number of carbonyl (C=O) groups excluding carboxylic acids is 1. The van der Waals surface area contributed by atoms with E-state index in [2.05, 4.69) is 69.0 Å². The molecule has 0 N–H and O–H groups in total. The van der Waals surface area contributed by atoms with E-state index in [0.29, 0.717) is 24.6 Å². The highest BCUT2D eigenvalue weighted by atomic mass is 16.5. The van der Waals surface area contributed by atoms with E-state index in [4.69, 9.17) is 9.26 Å². The van der Waals surface area contributed by atoms with E-state index in [9.17, 15) is 4.79 Å². The van der Waals surface area contributed by atoms with Gasteiger partial charge in [-0.05, 0) is 101 Å². The fourth-order valence-electron chi connectivity index (χ4n) is 7.27. The van der Waals surface area contributed by atoms with Gasteiger partial charge in [0.2, 0.25) is 5.91 Å². The summed E-state index contributed by atoms with van der Waals surface area (Å²) >= 11 is 0. The van der Waals surface area contributed by atoms with Crippen LogP contribution in [-0.2, 0) is 4.79 Å². The van der Waals surface area contributed by atoms with Gasteiger partial charge in [0.25, 0.3) is 0 Å². The molecule has 4 aliphatic rings. The van der Waals surface area contributed by atoms with Crippen molar-refractivity contribution >= 4 is 17.5 Å². The lowest BCUT2D eigenvalue weighted by Gasteiger charge is -2.41. The third kappa shape index (κ3) is 6.85. The number of hydrogen-bond acceptors (Lipinski definition) is 7. The van der Waals surface area contributed by atoms with Gasteiger partial charge in [-0.25, -0.2) is 0 Å². The Morgan fingerprint density at radius 2 is 1.71 bits per heavy atom. The Morgan fingerprint density at radius 1 is 0.952 bits per heavy atom. The number of carbonyl (C=O) groups is 1. The Balaban J connectivity index is 0.977. The number of benzene rings is 1. The first kappa shape index (κ1) is 29.2. The smallest absolute Gasteiger partial charge is 0.324 e. The van der Waals surface area contributed by atoms with Crippen LogP contribution in [0.2, 0.25) is 0 Å². The van der Waals surface area contributed by atoms with Crippen molar-refractivity contribution in [1.82, 2.24) is 19.9 Å². The lowest BCUT2D eigenvalue weighted by atomic mass is 9.85. The highest BCUT2D eigenvalue weighted by molar-refractivity contribution is 5.81. The number of ether oxygens (including phenoxy) is 1. The predicted molar refractivity (Wildman–Crippen MR) is 166 cm³/mol. The normalized spacial score (nSPS) is 24.6. The monoisotopic (exact) mass is 575 g/mol. The van der Waals surface area contributed by atoms with Crippen LogP contribution < -0.4 is 9.64 Å². The summed E-state index contributed by atoms with van der Waals surface area (Å²) in [5.41, 5.74) is 2.59. The molecule has 0 radical (unpaired) electrons. The molecule has 4 heterocycles. The third-order valence-corrected chi connectivity index (χ3v) is 9.93. The van der Waals surface area contributed by atoms with Gasteiger partial charge in [-0.2, -0.15) is 4.98 Å². The molecule has 1 aromatic heterocycles. The minimum atomic E-state index is 0.136. The van der Waals surface area contributed by atoms with Gasteiger partial charge in [0.15, 0.2) is 5.82 Å². The summed E-state index contributed by atoms with van der Waals surface area (Å²) in [6.07, 6.45) is 14.8. The zero-order valence-corrected chi connectivity index (χ0v) is 25.7. The molecule has 2 atom stereocenters. The van der Waals surface area contributed by atoms with E-state index in [1.54, 1.807) is 0 Å². The number of allylic oxidation sites excluding steroid dienone is 2. The van der Waals surface area contributed by atoms with Gasteiger partial charge in [-0.1, -0.05) is 43.6 Å². The number of aromatic nitrogens is 2. The Kier molecular flexibility index (Phi) is 9.47. The number of anilines is 1. The Hall–Kier alpha value is -2.87. The number of rotatable bonds is 8. The van der Waals surface area contributed by atoms with E-state index in [1.165, 1.54) is 49.9 Å². The van der Waals surface area contributed by atoms with Crippen molar-refractivity contribution in [3.8, 4) is 5.75 Å². The average Bonchev–Trinajstić information content (AvgIpc) is 3.55. The molecule has 3 saturated heterocycles. The molecule has 8 heteroatoms. The van der Waals surface area contributed by atoms with Crippen LogP contribution in [0, 0.1) is 5.92 Å². The number of hydrogen-bond donors (Lipinski definition) is 0. The minimum absolute atomic E-state index is 0.136. The first-order valence-corrected chi connectivity index (χ1v) is 16.6. The van der Waals surface area contributed by atoms with Crippen molar-refractivity contribution in [2.24, 2.45) is 5.92 Å². The SMILES string of the molecule is CC(C)c1noc(N2CCCCC2COc2ccc(C3=CCC(C(=O)N4CCC(N5CCCCC5)CC4)CC3)cc2)n1. The Labute approximate surface area is 251 Å². The summed E-state index contributed by atoms with van der Waals surface area (Å²) in [5.74, 6) is 2.40. The Bertz CT molecular complexity index is 1190. The number of piperidine rings is 3. The fourth-order valence-corrected chi connectivity index (χ4v) is 7.27. The molecule has 42 heavy (non-hydrogen) atoms. The standard InChI is InChI=1S/C34H49N5O3/c1-25(2)32-35-34(42-36-32)39-21-7-4-8-30(39)24-41-31-15-13-27(14-16-31)26-9-11-28(12-10-26)33(40)38-22-17-29(18-23-38)37-19-5-3-6-20-37/h9,13-16,25,28-30H,3-8,10-12,17-24H2,1-2H3. The van der Waals surface area contributed by atoms with Gasteiger partial charge in [-0.15, -0.1) is 0 Å². The van der Waals surface area contributed by atoms with Crippen LogP contribution in [0.1, 0.15) is 102 Å². The highest BCUT2D eigenvalue weighted by Gasteiger charge is 2.32. The summed E-state index contributed by atoms with van der Waals surface area (Å²) in [4.78, 5) is 25.0. The predicted octanol–water partition coefficient (Wildman–Crippen LogP) is 6.29. The van der Waals surface area contributed by atoms with Gasteiger partial charge >= 0.3 is 6.01 Å². The van der Waals surface area contributed by atoms with Crippen molar-refractivity contribution in [3.05, 3.63) is 41.7 Å². The molecule has 6 rings (SSSR count). The zero-order valence-electron chi connectivity index (χ0n) is 25.7. The van der Waals surface area contributed by atoms with Gasteiger partial charge < -0.3 is 24.0 Å². The second kappa shape index (κ2) is 13.6. The van der Waals surface area contributed by atoms with Crippen molar-refractivity contribution < 1.29 is 14.1 Å². The largest absolute Gasteiger partial charge is 0.491 e. The first-order valence-electron chi connectivity index (χ1n) is 16.6. The van der Waals surface area contributed by atoms with Crippen molar-refractivity contribution in [1.29, 1.82) is 0 Å². The average molecular weight is 576 g/mol. The number of amides is 1. The Morgan fingerprint density at radius 3 is 2.40 bits per heavy atom. The molecule has 3 aliphatic heterocycles. The van der Waals surface area contributed by atoms with Crippen LogP contribution >= 0.6 is 0 Å². The molecule has 2 unspecified atom stereocenters. The lowest BCUT2D eigenvalue weighted by Crippen LogP contribution is -2.49. The van der Waals surface area contributed by atoms with Gasteiger partial charge in [0.05, 0.1) is 6.04 Å². The van der Waals surface area contributed by atoms with Gasteiger partial charge in [0.1, 0.15) is 12.4 Å². The highest BCUT2D eigenvalue weighted by Crippen LogP contribution is 2.33. The zero-order chi connectivity index (χ0) is 28.9. The molecule has 1 aliphatic carbocycles. The second-order valence-electron chi connectivity index (χ2n) is 13.1. The van der Waals surface area contributed by atoms with E-state index < -0.39 is 0 Å². The maximum absolute atomic E-state index is 13.3. The van der Waals surface area contributed by atoms with Crippen LogP contribution in [0.5, 0.6) is 5.75 Å². The molecule has 1 aromatic carbocycles. The van der Waals surface area contributed by atoms with E-state index in [-0.39, 0.29) is 17.9 Å². The van der Waals surface area contributed by atoms with Crippen LogP contribution in [-0.4, -0.2) is 77.3 Å². The van der Waals surface area contributed by atoms with Crippen LogP contribution in [0.15, 0.2) is 34.9 Å². The molecule has 228 valence electrons. The molecule has 1 amide bonds. The van der Waals surface area contributed by atoms with Crippen LogP contribution in [0.25, 0.3) is 5.57 Å². The third-order valence-electron chi connectivity index (χ3n) is 9.93. The van der Waals surface area contributed by atoms with Crippen molar-refractivity contribution in [3.63, 3.8) is 0 Å². The number of likely N-dealkylation sites (tertiary alicyclic amines) is 2. The quantitative estimate of drug-likeness (QED) is 0.366. The van der Waals surface area contributed by atoms with Gasteiger partial charge in [-0.3, -0.25) is 4.79 Å². The molecular formula is C34H49N5O3. The molecule has 0 spiro atoms. The second-order valence-corrected chi connectivity index (χ2v) is 13.1.